The summed E-state index contributed by atoms with van der Waals surface area (Å²) in [6.07, 6.45) is 3.55. The van der Waals surface area contributed by atoms with Crippen LogP contribution in [0.1, 0.15) is 29.6 Å². The molecule has 3 N–H and O–H groups in total. The number of benzene rings is 1. The van der Waals surface area contributed by atoms with Gasteiger partial charge in [-0.2, -0.15) is 0 Å². The molecule has 20 heavy (non-hydrogen) atoms. The van der Waals surface area contributed by atoms with Crippen LogP contribution in [-0.4, -0.2) is 29.6 Å². The summed E-state index contributed by atoms with van der Waals surface area (Å²) in [6, 6.07) is 6.14. The van der Waals surface area contributed by atoms with Crippen molar-refractivity contribution in [1.82, 2.24) is 5.32 Å². The third-order valence-corrected chi connectivity index (χ3v) is 4.43. The minimum absolute atomic E-state index is 0.0116. The summed E-state index contributed by atoms with van der Waals surface area (Å²) in [5, 5.41) is 15.0. The van der Waals surface area contributed by atoms with Crippen molar-refractivity contribution >= 4 is 17.6 Å². The second kappa shape index (κ2) is 5.25. The molecule has 1 aliphatic carbocycles. The lowest BCUT2D eigenvalue weighted by molar-refractivity contribution is -0.118. The molecular weight excluding hydrogens is 256 g/mol. The van der Waals surface area contributed by atoms with Crippen molar-refractivity contribution in [3.8, 4) is 0 Å². The number of hydrogen-bond donors (Lipinski definition) is 3. The number of carboxylic acid groups (broad SMARTS) is 1. The van der Waals surface area contributed by atoms with E-state index in [2.05, 4.69) is 10.6 Å². The van der Waals surface area contributed by atoms with Gasteiger partial charge in [0.1, 0.15) is 0 Å². The van der Waals surface area contributed by atoms with Crippen molar-refractivity contribution in [2.24, 2.45) is 11.8 Å². The van der Waals surface area contributed by atoms with Gasteiger partial charge in [-0.25, -0.2) is 4.79 Å². The largest absolute Gasteiger partial charge is 0.478 e. The Labute approximate surface area is 117 Å². The number of amides is 1. The number of rotatable bonds is 3. The van der Waals surface area contributed by atoms with Crippen LogP contribution in [-0.2, 0) is 4.79 Å². The summed E-state index contributed by atoms with van der Waals surface area (Å²) in [7, 11) is 0. The Bertz CT molecular complexity index is 526. The third kappa shape index (κ3) is 2.41. The van der Waals surface area contributed by atoms with Crippen LogP contribution >= 0.6 is 0 Å². The highest BCUT2D eigenvalue weighted by Gasteiger charge is 2.42. The Balaban J connectivity index is 1.65. The number of carbonyl (C=O) groups excluding carboxylic acids is 1. The molecule has 2 fully saturated rings. The zero-order chi connectivity index (χ0) is 14.1. The second-order valence-corrected chi connectivity index (χ2v) is 5.61. The van der Waals surface area contributed by atoms with E-state index < -0.39 is 5.97 Å². The standard InChI is InChI=1S/C15H18N2O3/c18-14(13-12-3-1-2-10(12)8-16-13)17-11-6-4-9(5-7-11)15(19)20/h4-7,10,12-13,16H,1-3,8H2,(H,17,18)(H,19,20). The lowest BCUT2D eigenvalue weighted by Gasteiger charge is -2.17. The highest BCUT2D eigenvalue weighted by atomic mass is 16.4. The number of anilines is 1. The lowest BCUT2D eigenvalue weighted by Crippen LogP contribution is -2.39. The zero-order valence-corrected chi connectivity index (χ0v) is 11.1. The molecule has 1 aromatic rings. The number of hydrogen-bond acceptors (Lipinski definition) is 3. The van der Waals surface area contributed by atoms with Gasteiger partial charge in [0.2, 0.25) is 5.91 Å². The van der Waals surface area contributed by atoms with E-state index in [9.17, 15) is 9.59 Å². The molecular formula is C15H18N2O3. The Morgan fingerprint density at radius 1 is 1.20 bits per heavy atom. The van der Waals surface area contributed by atoms with E-state index in [-0.39, 0.29) is 17.5 Å². The molecule has 1 heterocycles. The lowest BCUT2D eigenvalue weighted by atomic mass is 9.93. The number of aromatic carboxylic acids is 1. The fourth-order valence-corrected chi connectivity index (χ4v) is 3.39. The topological polar surface area (TPSA) is 78.4 Å². The quantitative estimate of drug-likeness (QED) is 0.784. The predicted molar refractivity (Wildman–Crippen MR) is 74.7 cm³/mol. The summed E-state index contributed by atoms with van der Waals surface area (Å²) in [5.41, 5.74) is 0.862. The first kappa shape index (κ1) is 13.1. The average molecular weight is 274 g/mol. The van der Waals surface area contributed by atoms with Crippen LogP contribution in [0.3, 0.4) is 0 Å². The van der Waals surface area contributed by atoms with Crippen LogP contribution in [0.25, 0.3) is 0 Å². The summed E-state index contributed by atoms with van der Waals surface area (Å²) in [4.78, 5) is 23.1. The van der Waals surface area contributed by atoms with Crippen LogP contribution in [0.5, 0.6) is 0 Å². The molecule has 5 heteroatoms. The van der Waals surface area contributed by atoms with Gasteiger partial charge in [-0.3, -0.25) is 4.79 Å². The van der Waals surface area contributed by atoms with E-state index in [1.165, 1.54) is 25.0 Å². The van der Waals surface area contributed by atoms with Crippen molar-refractivity contribution in [2.45, 2.75) is 25.3 Å². The molecule has 1 saturated carbocycles. The fraction of sp³-hybridized carbons (Fsp3) is 0.467. The Morgan fingerprint density at radius 2 is 1.95 bits per heavy atom. The molecule has 0 radical (unpaired) electrons. The van der Waals surface area contributed by atoms with Gasteiger partial charge >= 0.3 is 5.97 Å². The zero-order valence-electron chi connectivity index (χ0n) is 11.1. The Kier molecular flexibility index (Phi) is 3.44. The molecule has 2 aliphatic rings. The molecule has 0 aromatic heterocycles. The van der Waals surface area contributed by atoms with Gasteiger partial charge in [-0.05, 0) is 55.5 Å². The van der Waals surface area contributed by atoms with Gasteiger partial charge in [0.05, 0.1) is 11.6 Å². The first-order chi connectivity index (χ1) is 9.65. The molecule has 1 saturated heterocycles. The molecule has 106 valence electrons. The van der Waals surface area contributed by atoms with Gasteiger partial charge in [0, 0.05) is 5.69 Å². The van der Waals surface area contributed by atoms with Crippen LogP contribution in [0, 0.1) is 11.8 Å². The highest BCUT2D eigenvalue weighted by molar-refractivity contribution is 5.96. The average Bonchev–Trinajstić information content (AvgIpc) is 3.01. The van der Waals surface area contributed by atoms with Gasteiger partial charge in [-0.1, -0.05) is 6.42 Å². The smallest absolute Gasteiger partial charge is 0.335 e. The molecule has 1 aromatic carbocycles. The Morgan fingerprint density at radius 3 is 2.65 bits per heavy atom. The first-order valence-corrected chi connectivity index (χ1v) is 7.03. The van der Waals surface area contributed by atoms with Gasteiger partial charge in [0.25, 0.3) is 0 Å². The summed E-state index contributed by atoms with van der Waals surface area (Å²) in [6.45, 7) is 0.931. The number of carboxylic acids is 1. The SMILES string of the molecule is O=C(O)c1ccc(NC(=O)C2NCC3CCCC32)cc1. The van der Waals surface area contributed by atoms with Crippen molar-refractivity contribution in [2.75, 3.05) is 11.9 Å². The van der Waals surface area contributed by atoms with Crippen molar-refractivity contribution in [3.05, 3.63) is 29.8 Å². The maximum absolute atomic E-state index is 12.3. The fourth-order valence-electron chi connectivity index (χ4n) is 3.39. The van der Waals surface area contributed by atoms with E-state index in [1.54, 1.807) is 12.1 Å². The van der Waals surface area contributed by atoms with Crippen molar-refractivity contribution in [1.29, 1.82) is 0 Å². The maximum Gasteiger partial charge on any atom is 0.335 e. The molecule has 3 rings (SSSR count). The summed E-state index contributed by atoms with van der Waals surface area (Å²) >= 11 is 0. The van der Waals surface area contributed by atoms with E-state index in [1.807, 2.05) is 0 Å². The molecule has 1 amide bonds. The van der Waals surface area contributed by atoms with Gasteiger partial charge in [-0.15, -0.1) is 0 Å². The third-order valence-electron chi connectivity index (χ3n) is 4.43. The van der Waals surface area contributed by atoms with E-state index in [0.717, 1.165) is 13.0 Å². The van der Waals surface area contributed by atoms with E-state index in [4.69, 9.17) is 5.11 Å². The minimum atomic E-state index is -0.964. The van der Waals surface area contributed by atoms with Crippen molar-refractivity contribution < 1.29 is 14.7 Å². The van der Waals surface area contributed by atoms with E-state index in [0.29, 0.717) is 17.5 Å². The van der Waals surface area contributed by atoms with Crippen LogP contribution < -0.4 is 10.6 Å². The summed E-state index contributed by atoms with van der Waals surface area (Å²) < 4.78 is 0. The molecule has 3 atom stereocenters. The molecule has 1 aliphatic heterocycles. The molecule has 3 unspecified atom stereocenters. The van der Waals surface area contributed by atoms with Gasteiger partial charge < -0.3 is 15.7 Å². The maximum atomic E-state index is 12.3. The monoisotopic (exact) mass is 274 g/mol. The Hall–Kier alpha value is -1.88. The molecule has 0 bridgehead atoms. The van der Waals surface area contributed by atoms with Crippen LogP contribution in [0.4, 0.5) is 5.69 Å². The summed E-state index contributed by atoms with van der Waals surface area (Å²) in [5.74, 6) is 0.116. The van der Waals surface area contributed by atoms with Gasteiger partial charge in [0.15, 0.2) is 0 Å². The highest BCUT2D eigenvalue weighted by Crippen LogP contribution is 2.37. The first-order valence-electron chi connectivity index (χ1n) is 7.03. The predicted octanol–water partition coefficient (Wildman–Crippen LogP) is 1.71. The molecule has 0 spiro atoms. The number of nitrogens with one attached hydrogen (secondary N) is 2. The second-order valence-electron chi connectivity index (χ2n) is 5.61. The van der Waals surface area contributed by atoms with Crippen molar-refractivity contribution in [3.63, 3.8) is 0 Å². The normalized spacial score (nSPS) is 28.1. The van der Waals surface area contributed by atoms with Crippen LogP contribution in [0.2, 0.25) is 0 Å². The molecule has 5 nitrogen and oxygen atoms in total. The van der Waals surface area contributed by atoms with E-state index >= 15 is 0 Å². The van der Waals surface area contributed by atoms with Crippen LogP contribution in [0.15, 0.2) is 24.3 Å². The number of fused-ring (bicyclic) bond motifs is 1. The number of carbonyl (C=O) groups is 2. The minimum Gasteiger partial charge on any atom is -0.478 e.